The molecule has 1 saturated heterocycles. The number of aryl methyl sites for hydroxylation is 1. The molecule has 8 heteroatoms. The van der Waals surface area contributed by atoms with Gasteiger partial charge in [-0.2, -0.15) is 4.98 Å². The summed E-state index contributed by atoms with van der Waals surface area (Å²) in [6.45, 7) is 7.93. The Morgan fingerprint density at radius 3 is 2.67 bits per heavy atom. The van der Waals surface area contributed by atoms with Crippen LogP contribution in [-0.4, -0.2) is 53.1 Å². The third-order valence-electron chi connectivity index (χ3n) is 5.29. The third kappa shape index (κ3) is 3.91. The predicted molar refractivity (Wildman–Crippen MR) is 117 cm³/mol. The Balaban J connectivity index is 1.77. The van der Waals surface area contributed by atoms with E-state index in [-0.39, 0.29) is 11.9 Å². The summed E-state index contributed by atoms with van der Waals surface area (Å²) in [7, 11) is 1.52. The predicted octanol–water partition coefficient (Wildman–Crippen LogP) is 2.78. The molecule has 156 valence electrons. The van der Waals surface area contributed by atoms with Crippen molar-refractivity contribution >= 4 is 28.2 Å². The second-order valence-electron chi connectivity index (χ2n) is 7.72. The monoisotopic (exact) mass is 406 g/mol. The van der Waals surface area contributed by atoms with E-state index in [0.29, 0.717) is 28.9 Å². The highest BCUT2D eigenvalue weighted by Gasteiger charge is 2.24. The minimum Gasteiger partial charge on any atom is -0.467 e. The van der Waals surface area contributed by atoms with Crippen molar-refractivity contribution in [3.05, 3.63) is 47.9 Å². The van der Waals surface area contributed by atoms with Crippen molar-refractivity contribution in [3.8, 4) is 6.01 Å². The fraction of sp³-hybridized carbons (Fsp3) is 0.364. The number of carbonyl (C=O) groups is 1. The number of hydrogen-bond acceptors (Lipinski definition) is 7. The van der Waals surface area contributed by atoms with E-state index >= 15 is 0 Å². The molecule has 2 aromatic heterocycles. The molecule has 1 aliphatic rings. The average molecular weight is 406 g/mol. The molecule has 3 aromatic rings. The number of rotatable bonds is 4. The summed E-state index contributed by atoms with van der Waals surface area (Å²) in [5.74, 6) is -0.245. The fourth-order valence-electron chi connectivity index (χ4n) is 3.98. The molecule has 0 radical (unpaired) electrons. The quantitative estimate of drug-likeness (QED) is 0.688. The summed E-state index contributed by atoms with van der Waals surface area (Å²) in [5, 5.41) is 7.31. The van der Waals surface area contributed by atoms with E-state index in [1.54, 1.807) is 18.5 Å². The van der Waals surface area contributed by atoms with E-state index in [4.69, 9.17) is 4.74 Å². The molecule has 0 saturated carbocycles. The Morgan fingerprint density at radius 1 is 1.20 bits per heavy atom. The first-order valence-corrected chi connectivity index (χ1v) is 10.0. The van der Waals surface area contributed by atoms with Gasteiger partial charge in [0.25, 0.3) is 5.91 Å². The summed E-state index contributed by atoms with van der Waals surface area (Å²) < 4.78 is 5.23. The Morgan fingerprint density at radius 2 is 1.97 bits per heavy atom. The van der Waals surface area contributed by atoms with Crippen molar-refractivity contribution < 1.29 is 9.53 Å². The van der Waals surface area contributed by atoms with Gasteiger partial charge in [0, 0.05) is 48.6 Å². The van der Waals surface area contributed by atoms with Crippen LogP contribution in [0.4, 0.5) is 11.4 Å². The highest BCUT2D eigenvalue weighted by atomic mass is 16.5. The lowest BCUT2D eigenvalue weighted by Crippen LogP contribution is -2.54. The number of aromatic nitrogens is 3. The van der Waals surface area contributed by atoms with Crippen LogP contribution in [0.3, 0.4) is 0 Å². The number of ether oxygens (including phenoxy) is 1. The van der Waals surface area contributed by atoms with Crippen molar-refractivity contribution in [2.24, 2.45) is 0 Å². The number of methoxy groups -OCH3 is 1. The van der Waals surface area contributed by atoms with Crippen LogP contribution in [0, 0.1) is 6.92 Å². The van der Waals surface area contributed by atoms with Gasteiger partial charge in [0.05, 0.1) is 29.6 Å². The number of pyridine rings is 1. The van der Waals surface area contributed by atoms with E-state index < -0.39 is 0 Å². The maximum atomic E-state index is 13.1. The summed E-state index contributed by atoms with van der Waals surface area (Å²) in [4.78, 5) is 28.5. The molecule has 8 nitrogen and oxygen atoms in total. The summed E-state index contributed by atoms with van der Waals surface area (Å²) in [5.41, 5.74) is 3.47. The smallest absolute Gasteiger partial charge is 0.316 e. The van der Waals surface area contributed by atoms with E-state index in [1.807, 2.05) is 25.1 Å². The largest absolute Gasteiger partial charge is 0.467 e. The average Bonchev–Trinajstić information content (AvgIpc) is 2.73. The number of piperazine rings is 1. The number of fused-ring (bicyclic) bond motifs is 1. The lowest BCUT2D eigenvalue weighted by Gasteiger charge is -2.38. The van der Waals surface area contributed by atoms with Gasteiger partial charge in [-0.15, -0.1) is 0 Å². The molecule has 0 bridgehead atoms. The fourth-order valence-corrected chi connectivity index (χ4v) is 3.98. The molecule has 1 amide bonds. The molecule has 2 N–H and O–H groups in total. The molecule has 0 spiro atoms. The first-order chi connectivity index (χ1) is 14.5. The first kappa shape index (κ1) is 20.0. The van der Waals surface area contributed by atoms with E-state index in [9.17, 15) is 4.79 Å². The summed E-state index contributed by atoms with van der Waals surface area (Å²) >= 11 is 0. The minimum atomic E-state index is -0.245. The van der Waals surface area contributed by atoms with E-state index in [0.717, 1.165) is 29.9 Å². The zero-order chi connectivity index (χ0) is 21.3. The van der Waals surface area contributed by atoms with Crippen LogP contribution in [-0.2, 0) is 0 Å². The molecular weight excluding hydrogens is 380 g/mol. The van der Waals surface area contributed by atoms with Crippen LogP contribution in [0.2, 0.25) is 0 Å². The molecule has 0 aliphatic carbocycles. The molecule has 4 rings (SSSR count). The highest BCUT2D eigenvalue weighted by Crippen LogP contribution is 2.31. The number of hydrogen-bond donors (Lipinski definition) is 2. The lowest BCUT2D eigenvalue weighted by molar-refractivity contribution is 0.102. The molecule has 0 unspecified atom stereocenters. The first-order valence-electron chi connectivity index (χ1n) is 10.0. The van der Waals surface area contributed by atoms with Crippen LogP contribution in [0.1, 0.15) is 29.9 Å². The van der Waals surface area contributed by atoms with Crippen LogP contribution in [0.5, 0.6) is 6.01 Å². The van der Waals surface area contributed by atoms with Gasteiger partial charge in [0.2, 0.25) is 0 Å². The Bertz CT molecular complexity index is 1080. The number of anilines is 2. The van der Waals surface area contributed by atoms with Crippen LogP contribution in [0.15, 0.2) is 36.7 Å². The van der Waals surface area contributed by atoms with Crippen LogP contribution < -0.4 is 20.3 Å². The molecule has 1 fully saturated rings. The molecular formula is C22H26N6O2. The molecule has 30 heavy (non-hydrogen) atoms. The highest BCUT2D eigenvalue weighted by molar-refractivity contribution is 6.14. The zero-order valence-corrected chi connectivity index (χ0v) is 17.6. The Labute approximate surface area is 175 Å². The minimum absolute atomic E-state index is 0.230. The molecule has 1 aliphatic heterocycles. The number of nitrogens with one attached hydrogen (secondary N) is 2. The van der Waals surface area contributed by atoms with Gasteiger partial charge in [0.1, 0.15) is 0 Å². The number of benzene rings is 1. The Hall–Kier alpha value is -3.26. The molecule has 3 heterocycles. The normalized spacial score (nSPS) is 19.0. The molecule has 2 atom stereocenters. The second kappa shape index (κ2) is 8.23. The van der Waals surface area contributed by atoms with Gasteiger partial charge < -0.3 is 20.3 Å². The summed E-state index contributed by atoms with van der Waals surface area (Å²) in [6, 6.07) is 8.38. The van der Waals surface area contributed by atoms with Gasteiger partial charge in [0.15, 0.2) is 0 Å². The topological polar surface area (TPSA) is 92.3 Å². The van der Waals surface area contributed by atoms with E-state index in [1.165, 1.54) is 7.11 Å². The lowest BCUT2D eigenvalue weighted by atomic mass is 10.0. The number of amides is 1. The maximum Gasteiger partial charge on any atom is 0.316 e. The van der Waals surface area contributed by atoms with Crippen molar-refractivity contribution in [1.82, 2.24) is 20.3 Å². The molecule has 1 aromatic carbocycles. The third-order valence-corrected chi connectivity index (χ3v) is 5.29. The second-order valence-corrected chi connectivity index (χ2v) is 7.72. The van der Waals surface area contributed by atoms with Gasteiger partial charge in [-0.3, -0.25) is 9.78 Å². The number of carbonyl (C=O) groups excluding carboxylic acids is 1. The van der Waals surface area contributed by atoms with Gasteiger partial charge in [-0.05, 0) is 45.0 Å². The van der Waals surface area contributed by atoms with Crippen molar-refractivity contribution in [2.45, 2.75) is 32.9 Å². The van der Waals surface area contributed by atoms with Gasteiger partial charge >= 0.3 is 6.01 Å². The zero-order valence-electron chi connectivity index (χ0n) is 17.6. The van der Waals surface area contributed by atoms with Gasteiger partial charge in [-0.1, -0.05) is 0 Å². The van der Waals surface area contributed by atoms with Crippen LogP contribution >= 0.6 is 0 Å². The van der Waals surface area contributed by atoms with Crippen molar-refractivity contribution in [3.63, 3.8) is 0 Å². The maximum absolute atomic E-state index is 13.1. The van der Waals surface area contributed by atoms with Gasteiger partial charge in [-0.25, -0.2) is 4.98 Å². The summed E-state index contributed by atoms with van der Waals surface area (Å²) in [6.07, 6.45) is 3.43. The standard InChI is InChI=1S/C22H26N6O2/c1-13-11-28(12-14(2)25-13)19-8-7-16(20-17(19)10-24-22(27-20)30-4)21(29)26-18-6-5-9-23-15(18)3/h5-10,13-14,25H,11-12H2,1-4H3,(H,26,29)/t13-,14+. The Kier molecular flexibility index (Phi) is 5.50. The SMILES string of the molecule is COc1ncc2c(N3C[C@@H](C)N[C@@H](C)C3)ccc(C(=O)Nc3cccnc3C)c2n1. The van der Waals surface area contributed by atoms with Crippen LogP contribution in [0.25, 0.3) is 10.9 Å². The van der Waals surface area contributed by atoms with Crippen molar-refractivity contribution in [2.75, 3.05) is 30.4 Å². The number of nitrogens with zero attached hydrogens (tertiary/aromatic N) is 4. The van der Waals surface area contributed by atoms with E-state index in [2.05, 4.69) is 44.3 Å². The van der Waals surface area contributed by atoms with Crippen molar-refractivity contribution in [1.29, 1.82) is 0 Å².